The highest BCUT2D eigenvalue weighted by Gasteiger charge is 2.29. The molecule has 3 nitrogen and oxygen atoms in total. The maximum Gasteiger partial charge on any atom is 0.286 e. The van der Waals surface area contributed by atoms with Gasteiger partial charge in [-0.15, -0.1) is 0 Å². The normalized spacial score (nSPS) is 15.5. The van der Waals surface area contributed by atoms with Crippen LogP contribution in [0.1, 0.15) is 31.0 Å². The van der Waals surface area contributed by atoms with Crippen LogP contribution in [0.2, 0.25) is 0 Å². The van der Waals surface area contributed by atoms with Crippen molar-refractivity contribution in [2.24, 2.45) is 4.99 Å². The SMILES string of the molecule is CC(F)(F)C1=CCCC(c2ccc(-c3[pH][nH]c3C#N)cc2)=N1. The third kappa shape index (κ3) is 2.75. The smallest absolute Gasteiger partial charge is 0.286 e. The quantitative estimate of drug-likeness (QED) is 0.876. The van der Waals surface area contributed by atoms with Gasteiger partial charge in [-0.2, -0.15) is 14.0 Å². The summed E-state index contributed by atoms with van der Waals surface area (Å²) in [6.07, 6.45) is 2.74. The molecule has 1 N–H and O–H groups in total. The van der Waals surface area contributed by atoms with E-state index in [2.05, 4.69) is 15.8 Å². The molecule has 0 radical (unpaired) electrons. The molecule has 2 aromatic rings. The number of nitrogens with zero attached hydrogens (tertiary/aromatic N) is 2. The van der Waals surface area contributed by atoms with Crippen LogP contribution in [0, 0.1) is 11.3 Å². The average molecular weight is 317 g/mol. The number of rotatable bonds is 3. The summed E-state index contributed by atoms with van der Waals surface area (Å²) in [5, 5.41) is 9.93. The lowest BCUT2D eigenvalue weighted by Crippen LogP contribution is -2.17. The molecule has 1 unspecified atom stereocenters. The minimum Gasteiger partial charge on any atom is -0.338 e. The number of allylic oxidation sites excluding steroid dienone is 2. The number of nitriles is 1. The van der Waals surface area contributed by atoms with E-state index < -0.39 is 5.92 Å². The molecule has 3 rings (SSSR count). The van der Waals surface area contributed by atoms with E-state index in [1.54, 1.807) is 0 Å². The zero-order chi connectivity index (χ0) is 15.7. The second-order valence-electron chi connectivity index (χ2n) is 5.26. The van der Waals surface area contributed by atoms with Gasteiger partial charge in [-0.1, -0.05) is 38.7 Å². The Balaban J connectivity index is 1.87. The van der Waals surface area contributed by atoms with E-state index in [4.69, 9.17) is 5.26 Å². The van der Waals surface area contributed by atoms with Crippen molar-refractivity contribution in [3.63, 3.8) is 0 Å². The topological polar surface area (TPSA) is 51.9 Å². The van der Waals surface area contributed by atoms with Crippen molar-refractivity contribution >= 4 is 14.1 Å². The van der Waals surface area contributed by atoms with Crippen LogP contribution >= 0.6 is 8.35 Å². The largest absolute Gasteiger partial charge is 0.338 e. The average Bonchev–Trinajstić information content (AvgIpc) is 2.47. The Bertz CT molecular complexity index is 783. The van der Waals surface area contributed by atoms with Crippen molar-refractivity contribution in [2.45, 2.75) is 25.7 Å². The Morgan fingerprint density at radius 2 is 1.95 bits per heavy atom. The van der Waals surface area contributed by atoms with E-state index in [1.807, 2.05) is 24.3 Å². The first kappa shape index (κ1) is 14.7. The molecule has 112 valence electrons. The van der Waals surface area contributed by atoms with Crippen molar-refractivity contribution < 1.29 is 8.78 Å². The third-order valence-electron chi connectivity index (χ3n) is 3.61. The molecule has 0 saturated carbocycles. The van der Waals surface area contributed by atoms with Crippen molar-refractivity contribution in [1.82, 2.24) is 4.75 Å². The summed E-state index contributed by atoms with van der Waals surface area (Å²) in [6.45, 7) is 0.870. The van der Waals surface area contributed by atoms with E-state index >= 15 is 0 Å². The molecule has 1 atom stereocenters. The van der Waals surface area contributed by atoms with Crippen molar-refractivity contribution in [2.75, 3.05) is 0 Å². The van der Waals surface area contributed by atoms with Gasteiger partial charge in [0.2, 0.25) is 0 Å². The van der Waals surface area contributed by atoms with Gasteiger partial charge in [0.05, 0.1) is 0 Å². The van der Waals surface area contributed by atoms with Gasteiger partial charge in [0.1, 0.15) is 17.5 Å². The summed E-state index contributed by atoms with van der Waals surface area (Å²) >= 11 is 0. The fourth-order valence-electron chi connectivity index (χ4n) is 2.40. The van der Waals surface area contributed by atoms with Crippen LogP contribution in [0.3, 0.4) is 0 Å². The number of benzene rings is 1. The standard InChI is InChI=1S/C16H14F2N3P/c1-16(17,18)14-4-2-3-12(20-14)10-5-7-11(8-6-10)15-13(9-19)21-22-15/h4-8,21-22H,2-3H2,1H3. The Hall–Kier alpha value is -2.18. The van der Waals surface area contributed by atoms with E-state index in [-0.39, 0.29) is 5.70 Å². The molecule has 0 bridgehead atoms. The number of aliphatic imine (C=N–C) groups is 1. The van der Waals surface area contributed by atoms with Crippen LogP contribution in [0.4, 0.5) is 8.78 Å². The second-order valence-corrected chi connectivity index (χ2v) is 6.26. The molecule has 2 heterocycles. The lowest BCUT2D eigenvalue weighted by molar-refractivity contribution is 0.0615. The molecule has 1 aliphatic rings. The Morgan fingerprint density at radius 1 is 1.27 bits per heavy atom. The van der Waals surface area contributed by atoms with Gasteiger partial charge < -0.3 is 4.75 Å². The monoisotopic (exact) mass is 317 g/mol. The van der Waals surface area contributed by atoms with Crippen molar-refractivity contribution in [3.05, 3.63) is 47.3 Å². The summed E-state index contributed by atoms with van der Waals surface area (Å²) in [6, 6.07) is 9.71. The third-order valence-corrected chi connectivity index (χ3v) is 4.77. The first-order valence-electron chi connectivity index (χ1n) is 6.92. The lowest BCUT2D eigenvalue weighted by Gasteiger charge is -2.18. The van der Waals surface area contributed by atoms with Gasteiger partial charge in [-0.25, -0.2) is 0 Å². The fourth-order valence-corrected chi connectivity index (χ4v) is 3.19. The van der Waals surface area contributed by atoms with E-state index in [0.717, 1.165) is 23.3 Å². The first-order chi connectivity index (χ1) is 10.5. The molecule has 0 amide bonds. The molecule has 1 aromatic heterocycles. The van der Waals surface area contributed by atoms with Crippen LogP contribution in [-0.4, -0.2) is 16.4 Å². The van der Waals surface area contributed by atoms with Crippen LogP contribution in [0.5, 0.6) is 0 Å². The maximum absolute atomic E-state index is 13.4. The van der Waals surface area contributed by atoms with E-state index in [1.165, 1.54) is 6.08 Å². The molecule has 0 fully saturated rings. The Labute approximate surface area is 128 Å². The number of aromatic amines is 1. The molecule has 0 aliphatic carbocycles. The lowest BCUT2D eigenvalue weighted by atomic mass is 10.00. The highest BCUT2D eigenvalue weighted by molar-refractivity contribution is 7.31. The second kappa shape index (κ2) is 5.55. The molecular formula is C16H14F2N3P. The van der Waals surface area contributed by atoms with Gasteiger partial charge in [-0.3, -0.25) is 4.99 Å². The number of nitrogens with one attached hydrogen (secondary N) is 1. The van der Waals surface area contributed by atoms with Crippen molar-refractivity contribution in [1.29, 1.82) is 5.26 Å². The van der Waals surface area contributed by atoms with Gasteiger partial charge >= 0.3 is 0 Å². The number of halogens is 2. The zero-order valence-corrected chi connectivity index (χ0v) is 13.0. The number of alkyl halides is 2. The zero-order valence-electron chi connectivity index (χ0n) is 12.0. The Morgan fingerprint density at radius 3 is 2.50 bits per heavy atom. The van der Waals surface area contributed by atoms with Gasteiger partial charge in [-0.05, 0) is 24.0 Å². The number of hydrogen-bond donors (Lipinski definition) is 1. The van der Waals surface area contributed by atoms with E-state index in [0.29, 0.717) is 32.6 Å². The maximum atomic E-state index is 13.4. The molecule has 0 saturated heterocycles. The Kier molecular flexibility index (Phi) is 3.72. The molecule has 0 spiro atoms. The fraction of sp³-hybridized carbons (Fsp3) is 0.250. The van der Waals surface area contributed by atoms with Gasteiger partial charge in [0.15, 0.2) is 0 Å². The minimum absolute atomic E-state index is 0.156. The van der Waals surface area contributed by atoms with Crippen LogP contribution in [-0.2, 0) is 0 Å². The van der Waals surface area contributed by atoms with Crippen molar-refractivity contribution in [3.8, 4) is 16.9 Å². The summed E-state index contributed by atoms with van der Waals surface area (Å²) in [7, 11) is 0.437. The highest BCUT2D eigenvalue weighted by atomic mass is 31.0. The number of aromatic nitrogens is 1. The van der Waals surface area contributed by atoms with Gasteiger partial charge in [0, 0.05) is 17.9 Å². The minimum atomic E-state index is -2.91. The van der Waals surface area contributed by atoms with Crippen LogP contribution in [0.15, 0.2) is 41.0 Å². The molecule has 6 heteroatoms. The van der Waals surface area contributed by atoms with Crippen LogP contribution < -0.4 is 0 Å². The predicted octanol–water partition coefficient (Wildman–Crippen LogP) is 4.71. The van der Waals surface area contributed by atoms with Gasteiger partial charge in [0.25, 0.3) is 5.92 Å². The summed E-state index contributed by atoms with van der Waals surface area (Å²) in [5.74, 6) is -2.91. The number of hydrogen-bond acceptors (Lipinski definition) is 2. The summed E-state index contributed by atoms with van der Waals surface area (Å²) < 4.78 is 29.7. The molecule has 22 heavy (non-hydrogen) atoms. The van der Waals surface area contributed by atoms with E-state index in [9.17, 15) is 8.78 Å². The number of H-pyrrole nitrogens is 1. The summed E-state index contributed by atoms with van der Waals surface area (Å²) in [4.78, 5) is 4.12. The first-order valence-corrected chi connectivity index (χ1v) is 7.92. The predicted molar refractivity (Wildman–Crippen MR) is 84.9 cm³/mol. The highest BCUT2D eigenvalue weighted by Crippen LogP contribution is 2.34. The molecular weight excluding hydrogens is 303 g/mol. The summed E-state index contributed by atoms with van der Waals surface area (Å²) in [5.41, 5.74) is 2.99. The molecule has 1 aromatic carbocycles. The van der Waals surface area contributed by atoms with Crippen LogP contribution in [0.25, 0.3) is 10.9 Å². The molecule has 1 aliphatic heterocycles.